The van der Waals surface area contributed by atoms with Crippen LogP contribution in [0.3, 0.4) is 0 Å². The Morgan fingerprint density at radius 2 is 2.06 bits per heavy atom. The molecule has 0 unspecified atom stereocenters. The summed E-state index contributed by atoms with van der Waals surface area (Å²) in [7, 11) is -2.84. The summed E-state index contributed by atoms with van der Waals surface area (Å²) in [6.45, 7) is 9.11. The van der Waals surface area contributed by atoms with Crippen molar-refractivity contribution in [2.75, 3.05) is 44.3 Å². The summed E-state index contributed by atoms with van der Waals surface area (Å²) in [4.78, 5) is 19.9. The van der Waals surface area contributed by atoms with E-state index in [1.165, 1.54) is 15.3 Å². The van der Waals surface area contributed by atoms with Crippen molar-refractivity contribution in [1.29, 1.82) is 0 Å². The molecule has 0 saturated carbocycles. The van der Waals surface area contributed by atoms with E-state index in [4.69, 9.17) is 4.74 Å². The summed E-state index contributed by atoms with van der Waals surface area (Å²) < 4.78 is 29.0. The summed E-state index contributed by atoms with van der Waals surface area (Å²) in [6.07, 6.45) is 4.65. The monoisotopic (exact) mass is 466 g/mol. The largest absolute Gasteiger partial charge is 0.370 e. The van der Waals surface area contributed by atoms with Crippen LogP contribution in [0.1, 0.15) is 48.4 Å². The van der Waals surface area contributed by atoms with Crippen LogP contribution in [0.5, 0.6) is 0 Å². The molecule has 1 aromatic rings. The number of sulfone groups is 1. The maximum absolute atomic E-state index is 12.4. The molecule has 4 aliphatic heterocycles. The molecule has 1 aromatic heterocycles. The van der Waals surface area contributed by atoms with Crippen molar-refractivity contribution < 1.29 is 17.9 Å². The van der Waals surface area contributed by atoms with Gasteiger partial charge in [0.25, 0.3) is 0 Å². The van der Waals surface area contributed by atoms with E-state index >= 15 is 0 Å². The first-order chi connectivity index (χ1) is 14.8. The van der Waals surface area contributed by atoms with Gasteiger partial charge in [-0.05, 0) is 43.7 Å². The van der Waals surface area contributed by atoms with Crippen molar-refractivity contribution in [1.82, 2.24) is 9.80 Å². The van der Waals surface area contributed by atoms with Crippen molar-refractivity contribution in [3.05, 3.63) is 21.4 Å². The number of ether oxygens (including phenoxy) is 1. The molecule has 1 amide bonds. The molecule has 3 fully saturated rings. The first-order valence-corrected chi connectivity index (χ1v) is 14.4. The third kappa shape index (κ3) is 4.21. The fraction of sp³-hybridized carbons (Fsp3) is 0.783. The number of fused-ring (bicyclic) bond motifs is 2. The zero-order valence-electron chi connectivity index (χ0n) is 18.6. The number of thiophene rings is 1. The highest BCUT2D eigenvalue weighted by atomic mass is 32.2. The van der Waals surface area contributed by atoms with Crippen LogP contribution in [-0.2, 0) is 37.8 Å². The molecule has 0 N–H and O–H groups in total. The van der Waals surface area contributed by atoms with Crippen LogP contribution in [0.15, 0.2) is 6.07 Å². The molecule has 0 radical (unpaired) electrons. The number of likely N-dealkylation sites (tertiary alicyclic amines) is 2. The van der Waals surface area contributed by atoms with Gasteiger partial charge < -0.3 is 14.5 Å². The zero-order valence-corrected chi connectivity index (χ0v) is 20.3. The topological polar surface area (TPSA) is 66.9 Å². The summed E-state index contributed by atoms with van der Waals surface area (Å²) in [5.74, 6) is 1.09. The molecule has 31 heavy (non-hydrogen) atoms. The van der Waals surface area contributed by atoms with Crippen LogP contribution in [0, 0.1) is 11.8 Å². The Labute approximate surface area is 189 Å². The van der Waals surface area contributed by atoms with Gasteiger partial charge in [0.1, 0.15) is 0 Å². The number of carbonyl (C=O) groups excluding carboxylic acids is 1. The van der Waals surface area contributed by atoms with Crippen molar-refractivity contribution in [3.63, 3.8) is 0 Å². The van der Waals surface area contributed by atoms with E-state index in [-0.39, 0.29) is 28.9 Å². The quantitative estimate of drug-likeness (QED) is 0.667. The Morgan fingerprint density at radius 1 is 1.29 bits per heavy atom. The lowest BCUT2D eigenvalue weighted by atomic mass is 9.79. The number of nitrogens with zero attached hydrogens (tertiary/aromatic N) is 2. The van der Waals surface area contributed by atoms with Gasteiger partial charge in [0.15, 0.2) is 9.84 Å². The number of hydrogen-bond donors (Lipinski definition) is 0. The second-order valence-electron chi connectivity index (χ2n) is 10.1. The van der Waals surface area contributed by atoms with E-state index < -0.39 is 9.84 Å². The molecule has 172 valence electrons. The highest BCUT2D eigenvalue weighted by Gasteiger charge is 2.45. The van der Waals surface area contributed by atoms with E-state index in [0.29, 0.717) is 18.4 Å². The Bertz CT molecular complexity index is 941. The van der Waals surface area contributed by atoms with E-state index in [1.54, 1.807) is 0 Å². The van der Waals surface area contributed by atoms with Crippen LogP contribution in [0.25, 0.3) is 0 Å². The Balaban J connectivity index is 1.12. The number of amides is 1. The summed E-state index contributed by atoms with van der Waals surface area (Å²) in [5.41, 5.74) is 1.36. The lowest BCUT2D eigenvalue weighted by molar-refractivity contribution is -0.140. The predicted molar refractivity (Wildman–Crippen MR) is 122 cm³/mol. The molecule has 4 aliphatic rings. The van der Waals surface area contributed by atoms with Gasteiger partial charge in [-0.1, -0.05) is 6.92 Å². The Morgan fingerprint density at radius 3 is 2.74 bits per heavy atom. The molecule has 1 spiro atoms. The number of carbonyl (C=O) groups is 1. The number of hydrogen-bond acceptors (Lipinski definition) is 6. The molecule has 6 nitrogen and oxygen atoms in total. The smallest absolute Gasteiger partial charge is 0.222 e. The summed E-state index contributed by atoms with van der Waals surface area (Å²) in [6, 6.07) is 2.87. The second kappa shape index (κ2) is 8.12. The molecular formula is C23H34N2O4S2. The van der Waals surface area contributed by atoms with Crippen LogP contribution < -0.4 is 0 Å². The minimum atomic E-state index is -2.84. The van der Waals surface area contributed by atoms with Gasteiger partial charge in [-0.3, -0.25) is 4.79 Å². The molecule has 0 bridgehead atoms. The fourth-order valence-corrected chi connectivity index (χ4v) is 8.68. The average molecular weight is 467 g/mol. The van der Waals surface area contributed by atoms with Gasteiger partial charge in [0.05, 0.1) is 23.7 Å². The zero-order chi connectivity index (χ0) is 21.8. The number of rotatable bonds is 5. The van der Waals surface area contributed by atoms with Crippen molar-refractivity contribution >= 4 is 27.1 Å². The van der Waals surface area contributed by atoms with E-state index in [0.717, 1.165) is 58.5 Å². The average Bonchev–Trinajstić information content (AvgIpc) is 3.09. The summed E-state index contributed by atoms with van der Waals surface area (Å²) >= 11 is 1.98. The standard InChI is InChI=1S/C23H34N2O4S2/c1-3-19-9-20-21(30-19)4-7-29-23(20)5-6-24(16(2)10-23)11-18-12-25(13-18)22(26)8-17-14-31(27,28)15-17/h9,16-18H,3-8,10-15H2,1-2H3/t16-,23+/m0/s1. The second-order valence-corrected chi connectivity index (χ2v) is 13.5. The molecule has 5 rings (SSSR count). The van der Waals surface area contributed by atoms with Crippen LogP contribution in [0.4, 0.5) is 0 Å². The van der Waals surface area contributed by atoms with Crippen LogP contribution in [-0.4, -0.2) is 74.5 Å². The molecule has 2 atom stereocenters. The van der Waals surface area contributed by atoms with E-state index in [1.807, 2.05) is 16.2 Å². The van der Waals surface area contributed by atoms with Gasteiger partial charge in [-0.2, -0.15) is 0 Å². The predicted octanol–water partition coefficient (Wildman–Crippen LogP) is 2.46. The lowest BCUT2D eigenvalue weighted by Crippen LogP contribution is -2.58. The van der Waals surface area contributed by atoms with Gasteiger partial charge in [-0.25, -0.2) is 8.42 Å². The van der Waals surface area contributed by atoms with Gasteiger partial charge in [0, 0.05) is 60.7 Å². The van der Waals surface area contributed by atoms with Crippen LogP contribution >= 0.6 is 11.3 Å². The normalized spacial score (nSPS) is 31.3. The van der Waals surface area contributed by atoms with Crippen molar-refractivity contribution in [2.24, 2.45) is 11.8 Å². The van der Waals surface area contributed by atoms with Crippen molar-refractivity contribution in [2.45, 2.75) is 57.6 Å². The first-order valence-electron chi connectivity index (χ1n) is 11.7. The molecule has 5 heterocycles. The lowest BCUT2D eigenvalue weighted by Gasteiger charge is -2.50. The Hall–Kier alpha value is -0.960. The molecular weight excluding hydrogens is 432 g/mol. The third-order valence-corrected chi connectivity index (χ3v) is 11.0. The van der Waals surface area contributed by atoms with E-state index in [9.17, 15) is 13.2 Å². The van der Waals surface area contributed by atoms with Gasteiger partial charge in [-0.15, -0.1) is 11.3 Å². The van der Waals surface area contributed by atoms with Gasteiger partial charge >= 0.3 is 0 Å². The highest BCUT2D eigenvalue weighted by molar-refractivity contribution is 7.92. The minimum absolute atomic E-state index is 0.0422. The summed E-state index contributed by atoms with van der Waals surface area (Å²) in [5, 5.41) is 0. The molecule has 0 aromatic carbocycles. The van der Waals surface area contributed by atoms with E-state index in [2.05, 4.69) is 24.8 Å². The number of aryl methyl sites for hydroxylation is 1. The SMILES string of the molecule is CCc1cc2c(s1)CCO[C@@]21CCN(CC2CN(C(=O)CC3CS(=O)(=O)C3)C2)[C@@H](C)C1. The first kappa shape index (κ1) is 21.9. The van der Waals surface area contributed by atoms with Crippen molar-refractivity contribution in [3.8, 4) is 0 Å². The Kier molecular flexibility index (Phi) is 5.72. The fourth-order valence-electron chi connectivity index (χ4n) is 5.93. The van der Waals surface area contributed by atoms with Crippen LogP contribution in [0.2, 0.25) is 0 Å². The molecule has 8 heteroatoms. The maximum Gasteiger partial charge on any atom is 0.222 e. The third-order valence-electron chi connectivity index (χ3n) is 7.70. The minimum Gasteiger partial charge on any atom is -0.370 e. The van der Waals surface area contributed by atoms with Gasteiger partial charge in [0.2, 0.25) is 5.91 Å². The highest BCUT2D eigenvalue weighted by Crippen LogP contribution is 2.46. The molecule has 0 aliphatic carbocycles. The number of piperidine rings is 1. The maximum atomic E-state index is 12.4. The molecule has 3 saturated heterocycles.